The Morgan fingerprint density at radius 2 is 2.06 bits per heavy atom. The standard InChI is InChI=1S/C13H21NO2S/c15-12(16)10-8-17-11-7-13(4-1-2-5-13)6-3-9(11)14-10/h9-11,14H,1-8H2,(H,15,16). The highest BCUT2D eigenvalue weighted by atomic mass is 32.2. The molecule has 3 nitrogen and oxygen atoms in total. The van der Waals surface area contributed by atoms with E-state index in [9.17, 15) is 4.79 Å². The molecular weight excluding hydrogens is 234 g/mol. The molecule has 0 aromatic heterocycles. The molecule has 1 heterocycles. The third-order valence-electron chi connectivity index (χ3n) is 4.92. The number of carbonyl (C=O) groups is 1. The van der Waals surface area contributed by atoms with Gasteiger partial charge in [-0.05, 0) is 37.5 Å². The summed E-state index contributed by atoms with van der Waals surface area (Å²) in [6, 6.07) is 0.125. The van der Waals surface area contributed by atoms with Crippen LogP contribution >= 0.6 is 11.8 Å². The average Bonchev–Trinajstić information content (AvgIpc) is 2.76. The summed E-state index contributed by atoms with van der Waals surface area (Å²) in [5.74, 6) is 0.0594. The van der Waals surface area contributed by atoms with Crippen LogP contribution in [0.1, 0.15) is 44.9 Å². The molecule has 4 heteroatoms. The van der Waals surface area contributed by atoms with E-state index < -0.39 is 5.97 Å². The smallest absolute Gasteiger partial charge is 0.321 e. The van der Waals surface area contributed by atoms with Gasteiger partial charge in [-0.3, -0.25) is 10.1 Å². The van der Waals surface area contributed by atoms with E-state index in [2.05, 4.69) is 5.32 Å². The number of aliphatic carboxylic acids is 1. The van der Waals surface area contributed by atoms with E-state index in [0.717, 1.165) is 5.75 Å². The molecule has 0 radical (unpaired) electrons. The van der Waals surface area contributed by atoms with Gasteiger partial charge in [0.1, 0.15) is 6.04 Å². The average molecular weight is 255 g/mol. The Bertz CT molecular complexity index is 315. The van der Waals surface area contributed by atoms with Crippen molar-refractivity contribution in [2.45, 2.75) is 62.3 Å². The fourth-order valence-electron chi connectivity index (χ4n) is 3.93. The summed E-state index contributed by atoms with van der Waals surface area (Å²) >= 11 is 1.90. The first-order chi connectivity index (χ1) is 8.19. The van der Waals surface area contributed by atoms with E-state index in [4.69, 9.17) is 5.11 Å². The van der Waals surface area contributed by atoms with Gasteiger partial charge in [-0.1, -0.05) is 12.8 Å². The van der Waals surface area contributed by atoms with E-state index in [1.165, 1.54) is 44.9 Å². The molecule has 0 bridgehead atoms. The zero-order valence-corrected chi connectivity index (χ0v) is 11.0. The first-order valence-corrected chi connectivity index (χ1v) is 7.84. The summed E-state index contributed by atoms with van der Waals surface area (Å²) in [6.45, 7) is 0. The van der Waals surface area contributed by atoms with Crippen LogP contribution in [0.2, 0.25) is 0 Å². The van der Waals surface area contributed by atoms with Gasteiger partial charge in [0, 0.05) is 17.0 Å². The monoisotopic (exact) mass is 255 g/mol. The van der Waals surface area contributed by atoms with Crippen molar-refractivity contribution < 1.29 is 9.90 Å². The summed E-state index contributed by atoms with van der Waals surface area (Å²) in [4.78, 5) is 11.0. The van der Waals surface area contributed by atoms with E-state index >= 15 is 0 Å². The lowest BCUT2D eigenvalue weighted by atomic mass is 9.71. The molecule has 2 saturated carbocycles. The minimum Gasteiger partial charge on any atom is -0.480 e. The maximum atomic E-state index is 11.0. The van der Waals surface area contributed by atoms with Crippen LogP contribution < -0.4 is 5.32 Å². The van der Waals surface area contributed by atoms with Crippen LogP contribution in [0.3, 0.4) is 0 Å². The summed E-state index contributed by atoms with van der Waals surface area (Å²) in [5, 5.41) is 13.1. The summed E-state index contributed by atoms with van der Waals surface area (Å²) in [5.41, 5.74) is 0.631. The van der Waals surface area contributed by atoms with Crippen LogP contribution in [0, 0.1) is 5.41 Å². The number of fused-ring (bicyclic) bond motifs is 1. The molecule has 1 saturated heterocycles. The third-order valence-corrected chi connectivity index (χ3v) is 6.37. The number of rotatable bonds is 1. The Hall–Kier alpha value is -0.220. The van der Waals surface area contributed by atoms with E-state index in [1.54, 1.807) is 0 Å². The summed E-state index contributed by atoms with van der Waals surface area (Å²) in [6.07, 6.45) is 9.47. The molecule has 1 spiro atoms. The van der Waals surface area contributed by atoms with Crippen molar-refractivity contribution in [2.75, 3.05) is 5.75 Å². The van der Waals surface area contributed by atoms with Crippen LogP contribution in [0.15, 0.2) is 0 Å². The van der Waals surface area contributed by atoms with Gasteiger partial charge < -0.3 is 5.11 Å². The fraction of sp³-hybridized carbons (Fsp3) is 0.923. The van der Waals surface area contributed by atoms with Gasteiger partial charge in [0.25, 0.3) is 0 Å². The highest BCUT2D eigenvalue weighted by Crippen LogP contribution is 2.52. The normalized spacial score (nSPS) is 40.1. The zero-order chi connectivity index (χ0) is 11.9. The van der Waals surface area contributed by atoms with Gasteiger partial charge in [-0.2, -0.15) is 11.8 Å². The largest absolute Gasteiger partial charge is 0.480 e. The second-order valence-corrected chi connectivity index (χ2v) is 7.26. The predicted octanol–water partition coefficient (Wildman–Crippen LogP) is 2.26. The molecule has 3 rings (SSSR count). The Morgan fingerprint density at radius 3 is 2.76 bits per heavy atom. The molecule has 3 aliphatic rings. The molecule has 3 unspecified atom stereocenters. The van der Waals surface area contributed by atoms with E-state index in [1.807, 2.05) is 11.8 Å². The zero-order valence-electron chi connectivity index (χ0n) is 10.2. The molecule has 17 heavy (non-hydrogen) atoms. The Kier molecular flexibility index (Phi) is 3.11. The number of hydrogen-bond donors (Lipinski definition) is 2. The lowest BCUT2D eigenvalue weighted by Gasteiger charge is -2.46. The molecule has 0 amide bonds. The number of nitrogens with one attached hydrogen (secondary N) is 1. The van der Waals surface area contributed by atoms with Crippen molar-refractivity contribution >= 4 is 17.7 Å². The molecule has 2 aliphatic carbocycles. The van der Waals surface area contributed by atoms with Gasteiger partial charge in [-0.25, -0.2) is 0 Å². The van der Waals surface area contributed by atoms with Crippen LogP contribution in [-0.2, 0) is 4.79 Å². The Labute approximate surface area is 107 Å². The molecule has 1 aliphatic heterocycles. The minimum absolute atomic E-state index is 0.320. The highest BCUT2D eigenvalue weighted by molar-refractivity contribution is 8.00. The highest BCUT2D eigenvalue weighted by Gasteiger charge is 2.45. The molecule has 0 aromatic rings. The first kappa shape index (κ1) is 11.8. The maximum Gasteiger partial charge on any atom is 0.321 e. The van der Waals surface area contributed by atoms with Crippen molar-refractivity contribution in [3.8, 4) is 0 Å². The van der Waals surface area contributed by atoms with Gasteiger partial charge in [-0.15, -0.1) is 0 Å². The lowest BCUT2D eigenvalue weighted by Crippen LogP contribution is -2.56. The third kappa shape index (κ3) is 2.22. The fourth-order valence-corrected chi connectivity index (χ4v) is 5.53. The van der Waals surface area contributed by atoms with Gasteiger partial charge in [0.15, 0.2) is 0 Å². The van der Waals surface area contributed by atoms with Crippen molar-refractivity contribution in [2.24, 2.45) is 5.41 Å². The second-order valence-electron chi connectivity index (χ2n) is 5.99. The second kappa shape index (κ2) is 4.47. The summed E-state index contributed by atoms with van der Waals surface area (Å²) < 4.78 is 0. The van der Waals surface area contributed by atoms with Crippen molar-refractivity contribution in [1.82, 2.24) is 5.32 Å². The van der Waals surface area contributed by atoms with Gasteiger partial charge in [0.05, 0.1) is 0 Å². The number of thioether (sulfide) groups is 1. The van der Waals surface area contributed by atoms with Crippen molar-refractivity contribution in [3.63, 3.8) is 0 Å². The van der Waals surface area contributed by atoms with Gasteiger partial charge in [0.2, 0.25) is 0 Å². The Balaban J connectivity index is 1.65. The molecule has 3 fully saturated rings. The first-order valence-electron chi connectivity index (χ1n) is 6.79. The minimum atomic E-state index is -0.683. The number of carboxylic acid groups (broad SMARTS) is 1. The van der Waals surface area contributed by atoms with Crippen LogP contribution in [0.4, 0.5) is 0 Å². The molecular formula is C13H21NO2S. The lowest BCUT2D eigenvalue weighted by molar-refractivity contribution is -0.139. The summed E-state index contributed by atoms with van der Waals surface area (Å²) in [7, 11) is 0. The molecule has 0 aromatic carbocycles. The molecule has 2 N–H and O–H groups in total. The number of hydrogen-bond acceptors (Lipinski definition) is 3. The number of carboxylic acids is 1. The quantitative estimate of drug-likeness (QED) is 0.754. The van der Waals surface area contributed by atoms with Crippen LogP contribution in [-0.4, -0.2) is 34.2 Å². The van der Waals surface area contributed by atoms with Crippen LogP contribution in [0.5, 0.6) is 0 Å². The predicted molar refractivity (Wildman–Crippen MR) is 69.3 cm³/mol. The van der Waals surface area contributed by atoms with E-state index in [0.29, 0.717) is 16.7 Å². The van der Waals surface area contributed by atoms with Gasteiger partial charge >= 0.3 is 5.97 Å². The van der Waals surface area contributed by atoms with Crippen molar-refractivity contribution in [3.05, 3.63) is 0 Å². The SMILES string of the molecule is O=C(O)C1CSC2CC3(CCCC3)CCC2N1. The van der Waals surface area contributed by atoms with Crippen LogP contribution in [0.25, 0.3) is 0 Å². The Morgan fingerprint density at radius 1 is 1.29 bits per heavy atom. The molecule has 96 valence electrons. The van der Waals surface area contributed by atoms with E-state index in [-0.39, 0.29) is 6.04 Å². The molecule has 3 atom stereocenters. The maximum absolute atomic E-state index is 11.0. The topological polar surface area (TPSA) is 49.3 Å². The van der Waals surface area contributed by atoms with Crippen molar-refractivity contribution in [1.29, 1.82) is 0 Å².